The Balaban J connectivity index is 1.52. The molecule has 0 spiro atoms. The number of hydrogen-bond acceptors (Lipinski definition) is 5. The Hall–Kier alpha value is -1.76. The minimum absolute atomic E-state index is 0.0700. The number of morpholine rings is 1. The molecule has 130 valence electrons. The number of benzene rings is 1. The Labute approximate surface area is 146 Å². The maximum Gasteiger partial charge on any atom is 0.244 e. The molecule has 24 heavy (non-hydrogen) atoms. The van der Waals surface area contributed by atoms with Gasteiger partial charge in [0.2, 0.25) is 12.7 Å². The third-order valence-electron chi connectivity index (χ3n) is 3.90. The van der Waals surface area contributed by atoms with Gasteiger partial charge < -0.3 is 19.5 Å². The number of amides is 1. The lowest BCUT2D eigenvalue weighted by atomic mass is 10.2. The van der Waals surface area contributed by atoms with Crippen LogP contribution in [0.1, 0.15) is 12.5 Å². The molecule has 2 heterocycles. The highest BCUT2D eigenvalue weighted by molar-refractivity contribution is 6.32. The van der Waals surface area contributed by atoms with Gasteiger partial charge in [0.15, 0.2) is 11.5 Å². The van der Waals surface area contributed by atoms with Gasteiger partial charge in [0, 0.05) is 31.8 Å². The number of hydrogen-bond donors (Lipinski definition) is 1. The molecule has 1 amide bonds. The number of nitrogens with one attached hydrogen (secondary N) is 1. The maximum absolute atomic E-state index is 12.1. The highest BCUT2D eigenvalue weighted by atomic mass is 35.5. The smallest absolute Gasteiger partial charge is 0.244 e. The monoisotopic (exact) mass is 352 g/mol. The van der Waals surface area contributed by atoms with E-state index in [1.807, 2.05) is 6.92 Å². The summed E-state index contributed by atoms with van der Waals surface area (Å²) in [4.78, 5) is 14.3. The minimum Gasteiger partial charge on any atom is -0.454 e. The summed E-state index contributed by atoms with van der Waals surface area (Å²) in [5, 5.41) is 3.44. The summed E-state index contributed by atoms with van der Waals surface area (Å²) in [6.45, 7) is 6.31. The summed E-state index contributed by atoms with van der Waals surface area (Å²) in [6.07, 6.45) is 3.22. The van der Waals surface area contributed by atoms with Crippen LogP contribution in [0.25, 0.3) is 6.08 Å². The van der Waals surface area contributed by atoms with E-state index in [-0.39, 0.29) is 18.7 Å². The molecule has 0 bridgehead atoms. The number of fused-ring (bicyclic) bond motifs is 1. The lowest BCUT2D eigenvalue weighted by molar-refractivity contribution is -0.117. The van der Waals surface area contributed by atoms with Crippen LogP contribution < -0.4 is 14.8 Å². The number of ether oxygens (including phenoxy) is 3. The third-order valence-corrected chi connectivity index (χ3v) is 4.18. The van der Waals surface area contributed by atoms with Gasteiger partial charge in [-0.1, -0.05) is 11.6 Å². The van der Waals surface area contributed by atoms with E-state index < -0.39 is 0 Å². The second kappa shape index (κ2) is 7.88. The van der Waals surface area contributed by atoms with Crippen LogP contribution in [0, 0.1) is 0 Å². The predicted molar refractivity (Wildman–Crippen MR) is 91.5 cm³/mol. The summed E-state index contributed by atoms with van der Waals surface area (Å²) in [5.74, 6) is 1.02. The van der Waals surface area contributed by atoms with E-state index in [0.717, 1.165) is 38.4 Å². The molecular formula is C17H21ClN2O4. The van der Waals surface area contributed by atoms with Crippen LogP contribution >= 0.6 is 11.6 Å². The third kappa shape index (κ3) is 4.41. The molecule has 0 aliphatic carbocycles. The first-order valence-electron chi connectivity index (χ1n) is 7.99. The summed E-state index contributed by atoms with van der Waals surface area (Å²) >= 11 is 6.13. The second-order valence-corrected chi connectivity index (χ2v) is 6.30. The standard InChI is InChI=1S/C17H21ClN2O4/c1-12(10-20-4-6-22-7-5-20)19-16(21)3-2-13-8-14(18)17-15(9-13)23-11-24-17/h2-3,8-9,12H,4-7,10-11H2,1H3,(H,19,21)/b3-2+/t12-/m1/s1. The highest BCUT2D eigenvalue weighted by Crippen LogP contribution is 2.40. The van der Waals surface area contributed by atoms with E-state index in [1.165, 1.54) is 6.08 Å². The molecule has 0 saturated carbocycles. The summed E-state index contributed by atoms with van der Waals surface area (Å²) in [6, 6.07) is 3.62. The van der Waals surface area contributed by atoms with Gasteiger partial charge in [-0.25, -0.2) is 0 Å². The van der Waals surface area contributed by atoms with Crippen molar-refractivity contribution in [3.05, 3.63) is 28.8 Å². The molecule has 1 aromatic rings. The molecule has 3 rings (SSSR count). The Bertz CT molecular complexity index is 629. The fourth-order valence-electron chi connectivity index (χ4n) is 2.76. The van der Waals surface area contributed by atoms with E-state index in [9.17, 15) is 4.79 Å². The number of carbonyl (C=O) groups is 1. The first-order valence-corrected chi connectivity index (χ1v) is 8.37. The SMILES string of the molecule is C[C@H](CN1CCOCC1)NC(=O)/C=C/c1cc(Cl)c2c(c1)OCO2. The molecule has 0 unspecified atom stereocenters. The van der Waals surface area contributed by atoms with Crippen LogP contribution in [0.4, 0.5) is 0 Å². The van der Waals surface area contributed by atoms with Gasteiger partial charge in [-0.3, -0.25) is 9.69 Å². The Morgan fingerprint density at radius 3 is 2.96 bits per heavy atom. The number of nitrogens with zero attached hydrogens (tertiary/aromatic N) is 1. The molecule has 1 saturated heterocycles. The maximum atomic E-state index is 12.1. The molecule has 2 aliphatic rings. The van der Waals surface area contributed by atoms with E-state index in [4.69, 9.17) is 25.8 Å². The van der Waals surface area contributed by atoms with Crippen molar-refractivity contribution in [2.45, 2.75) is 13.0 Å². The van der Waals surface area contributed by atoms with Crippen LogP contribution in [-0.2, 0) is 9.53 Å². The van der Waals surface area contributed by atoms with Gasteiger partial charge in [0.25, 0.3) is 0 Å². The topological polar surface area (TPSA) is 60.0 Å². The van der Waals surface area contributed by atoms with E-state index >= 15 is 0 Å². The second-order valence-electron chi connectivity index (χ2n) is 5.89. The van der Waals surface area contributed by atoms with Crippen molar-refractivity contribution in [3.63, 3.8) is 0 Å². The highest BCUT2D eigenvalue weighted by Gasteiger charge is 2.18. The minimum atomic E-state index is -0.135. The molecular weight excluding hydrogens is 332 g/mol. The number of carbonyl (C=O) groups excluding carboxylic acids is 1. The lowest BCUT2D eigenvalue weighted by Gasteiger charge is -2.29. The number of halogens is 1. The largest absolute Gasteiger partial charge is 0.454 e. The van der Waals surface area contributed by atoms with E-state index in [0.29, 0.717) is 16.5 Å². The average Bonchev–Trinajstić information content (AvgIpc) is 3.03. The molecule has 2 aliphatic heterocycles. The first-order chi connectivity index (χ1) is 11.6. The van der Waals surface area contributed by atoms with Crippen molar-refractivity contribution >= 4 is 23.6 Å². The molecule has 1 fully saturated rings. The van der Waals surface area contributed by atoms with Gasteiger partial charge in [-0.05, 0) is 30.7 Å². The summed E-state index contributed by atoms with van der Waals surface area (Å²) < 4.78 is 15.9. The van der Waals surface area contributed by atoms with Crippen molar-refractivity contribution in [2.75, 3.05) is 39.6 Å². The van der Waals surface area contributed by atoms with Crippen LogP contribution in [0.15, 0.2) is 18.2 Å². The zero-order valence-corrected chi connectivity index (χ0v) is 14.3. The van der Waals surface area contributed by atoms with Crippen molar-refractivity contribution in [1.82, 2.24) is 10.2 Å². The van der Waals surface area contributed by atoms with Gasteiger partial charge in [-0.15, -0.1) is 0 Å². The van der Waals surface area contributed by atoms with Gasteiger partial charge >= 0.3 is 0 Å². The van der Waals surface area contributed by atoms with Gasteiger partial charge in [0.05, 0.1) is 18.2 Å². The normalized spacial score (nSPS) is 18.8. The molecule has 6 nitrogen and oxygen atoms in total. The van der Waals surface area contributed by atoms with Crippen molar-refractivity contribution in [1.29, 1.82) is 0 Å². The lowest BCUT2D eigenvalue weighted by Crippen LogP contribution is -2.45. The van der Waals surface area contributed by atoms with Gasteiger partial charge in [0.1, 0.15) is 0 Å². The molecule has 1 aromatic carbocycles. The molecule has 0 aromatic heterocycles. The van der Waals surface area contributed by atoms with Gasteiger partial charge in [-0.2, -0.15) is 0 Å². The predicted octanol–water partition coefficient (Wildman–Crippen LogP) is 1.92. The van der Waals surface area contributed by atoms with Crippen molar-refractivity contribution in [2.24, 2.45) is 0 Å². The molecule has 1 atom stereocenters. The van der Waals surface area contributed by atoms with E-state index in [2.05, 4.69) is 10.2 Å². The molecule has 7 heteroatoms. The van der Waals surface area contributed by atoms with Crippen molar-refractivity contribution < 1.29 is 19.0 Å². The zero-order chi connectivity index (χ0) is 16.9. The Morgan fingerprint density at radius 1 is 1.38 bits per heavy atom. The van der Waals surface area contributed by atoms with Crippen LogP contribution in [-0.4, -0.2) is 56.5 Å². The van der Waals surface area contributed by atoms with Crippen LogP contribution in [0.5, 0.6) is 11.5 Å². The molecule has 0 radical (unpaired) electrons. The van der Waals surface area contributed by atoms with Crippen LogP contribution in [0.3, 0.4) is 0 Å². The molecule has 1 N–H and O–H groups in total. The Morgan fingerprint density at radius 2 is 2.17 bits per heavy atom. The Kier molecular flexibility index (Phi) is 5.60. The van der Waals surface area contributed by atoms with Crippen molar-refractivity contribution in [3.8, 4) is 11.5 Å². The van der Waals surface area contributed by atoms with E-state index in [1.54, 1.807) is 18.2 Å². The quantitative estimate of drug-likeness (QED) is 0.820. The summed E-state index contributed by atoms with van der Waals surface area (Å²) in [5.41, 5.74) is 0.792. The fraction of sp³-hybridized carbons (Fsp3) is 0.471. The van der Waals surface area contributed by atoms with Crippen LogP contribution in [0.2, 0.25) is 5.02 Å². The first kappa shape index (κ1) is 17.1. The fourth-order valence-corrected chi connectivity index (χ4v) is 3.04. The average molecular weight is 353 g/mol. The summed E-state index contributed by atoms with van der Waals surface area (Å²) in [7, 11) is 0. The number of rotatable bonds is 5. The zero-order valence-electron chi connectivity index (χ0n) is 13.6.